The third-order valence-corrected chi connectivity index (χ3v) is 5.60. The van der Waals surface area contributed by atoms with Crippen molar-refractivity contribution in [3.05, 3.63) is 40.8 Å². The Hall–Kier alpha value is -1.70. The van der Waals surface area contributed by atoms with E-state index in [9.17, 15) is 13.2 Å². The summed E-state index contributed by atoms with van der Waals surface area (Å²) in [6, 6.07) is 7.30. The lowest BCUT2D eigenvalue weighted by Crippen LogP contribution is -2.34. The van der Waals surface area contributed by atoms with E-state index in [-0.39, 0.29) is 11.0 Å². The molecule has 0 aliphatic carbocycles. The molecule has 2 aromatic rings. The summed E-state index contributed by atoms with van der Waals surface area (Å²) in [7, 11) is -2.05. The minimum Gasteiger partial charge on any atom is -0.423 e. The zero-order valence-electron chi connectivity index (χ0n) is 12.2. The Morgan fingerprint density at radius 1 is 1.27 bits per heavy atom. The number of ether oxygens (including phenoxy) is 1. The molecular formula is C15H17NO5S. The van der Waals surface area contributed by atoms with Crippen LogP contribution in [0.4, 0.5) is 0 Å². The molecule has 1 saturated heterocycles. The maximum atomic E-state index is 12.6. The van der Waals surface area contributed by atoms with Crippen LogP contribution in [0.25, 0.3) is 11.0 Å². The van der Waals surface area contributed by atoms with Gasteiger partial charge in [0.25, 0.3) is 0 Å². The number of nitrogens with zero attached hydrogens (tertiary/aromatic N) is 1. The van der Waals surface area contributed by atoms with Crippen LogP contribution in [0.5, 0.6) is 0 Å². The summed E-state index contributed by atoms with van der Waals surface area (Å²) < 4.78 is 37.0. The summed E-state index contributed by atoms with van der Waals surface area (Å²) >= 11 is 0. The van der Waals surface area contributed by atoms with Crippen molar-refractivity contribution in [2.24, 2.45) is 0 Å². The molecule has 0 saturated carbocycles. The third kappa shape index (κ3) is 2.92. The van der Waals surface area contributed by atoms with Gasteiger partial charge in [-0.1, -0.05) is 0 Å². The number of sulfonamides is 1. The second-order valence-corrected chi connectivity index (χ2v) is 7.42. The van der Waals surface area contributed by atoms with E-state index >= 15 is 0 Å². The van der Waals surface area contributed by atoms with Crippen molar-refractivity contribution in [3.8, 4) is 0 Å². The van der Waals surface area contributed by atoms with Crippen LogP contribution >= 0.6 is 0 Å². The molecule has 0 amide bonds. The smallest absolute Gasteiger partial charge is 0.336 e. The Bertz CT molecular complexity index is 836. The molecule has 118 valence electrons. The van der Waals surface area contributed by atoms with Crippen molar-refractivity contribution in [3.63, 3.8) is 0 Å². The number of benzene rings is 1. The van der Waals surface area contributed by atoms with Crippen molar-refractivity contribution in [1.82, 2.24) is 4.31 Å². The van der Waals surface area contributed by atoms with Crippen molar-refractivity contribution < 1.29 is 17.6 Å². The molecular weight excluding hydrogens is 306 g/mol. The molecule has 1 unspecified atom stereocenters. The van der Waals surface area contributed by atoms with Crippen LogP contribution < -0.4 is 5.63 Å². The number of rotatable bonds is 4. The highest BCUT2D eigenvalue weighted by Crippen LogP contribution is 2.22. The van der Waals surface area contributed by atoms with E-state index in [2.05, 4.69) is 0 Å². The van der Waals surface area contributed by atoms with Gasteiger partial charge in [0.2, 0.25) is 10.0 Å². The van der Waals surface area contributed by atoms with Gasteiger partial charge in [-0.15, -0.1) is 0 Å². The molecule has 1 aliphatic rings. The van der Waals surface area contributed by atoms with E-state index in [1.54, 1.807) is 13.1 Å². The number of likely N-dealkylation sites (N-methyl/N-ethyl adjacent to an activating group) is 1. The minimum atomic E-state index is -3.59. The van der Waals surface area contributed by atoms with Crippen LogP contribution in [-0.2, 0) is 14.8 Å². The van der Waals surface area contributed by atoms with Crippen molar-refractivity contribution in [1.29, 1.82) is 0 Å². The van der Waals surface area contributed by atoms with Gasteiger partial charge >= 0.3 is 5.63 Å². The second kappa shape index (κ2) is 5.83. The largest absolute Gasteiger partial charge is 0.423 e. The van der Waals surface area contributed by atoms with Gasteiger partial charge in [0, 0.05) is 31.7 Å². The van der Waals surface area contributed by atoms with Crippen molar-refractivity contribution in [2.75, 3.05) is 20.2 Å². The lowest BCUT2D eigenvalue weighted by Gasteiger charge is -2.20. The fraction of sp³-hybridized carbons (Fsp3) is 0.400. The molecule has 22 heavy (non-hydrogen) atoms. The highest BCUT2D eigenvalue weighted by Gasteiger charge is 2.26. The summed E-state index contributed by atoms with van der Waals surface area (Å²) in [6.45, 7) is 1.03. The molecule has 6 nitrogen and oxygen atoms in total. The van der Waals surface area contributed by atoms with Crippen molar-refractivity contribution >= 4 is 21.0 Å². The maximum Gasteiger partial charge on any atom is 0.336 e. The quantitative estimate of drug-likeness (QED) is 0.799. The van der Waals surface area contributed by atoms with Gasteiger partial charge in [-0.3, -0.25) is 0 Å². The Labute approximate surface area is 128 Å². The molecule has 0 radical (unpaired) electrons. The molecule has 1 aromatic heterocycles. The number of hydrogen-bond donors (Lipinski definition) is 0. The molecule has 1 fully saturated rings. The fourth-order valence-corrected chi connectivity index (χ4v) is 3.80. The normalized spacial score (nSPS) is 19.1. The molecule has 0 spiro atoms. The van der Waals surface area contributed by atoms with Crippen LogP contribution in [0, 0.1) is 0 Å². The van der Waals surface area contributed by atoms with Gasteiger partial charge in [-0.05, 0) is 37.1 Å². The molecule has 3 rings (SSSR count). The van der Waals surface area contributed by atoms with Gasteiger partial charge in [-0.2, -0.15) is 4.31 Å². The monoisotopic (exact) mass is 323 g/mol. The van der Waals surface area contributed by atoms with Gasteiger partial charge in [-0.25, -0.2) is 13.2 Å². The van der Waals surface area contributed by atoms with E-state index in [0.29, 0.717) is 24.1 Å². The number of hydrogen-bond acceptors (Lipinski definition) is 5. The lowest BCUT2D eigenvalue weighted by atomic mass is 10.2. The highest BCUT2D eigenvalue weighted by molar-refractivity contribution is 7.89. The topological polar surface area (TPSA) is 76.8 Å². The molecule has 1 aliphatic heterocycles. The van der Waals surface area contributed by atoms with Gasteiger partial charge in [0.15, 0.2) is 0 Å². The summed E-state index contributed by atoms with van der Waals surface area (Å²) in [4.78, 5) is 11.3. The number of fused-ring (bicyclic) bond motifs is 1. The molecule has 7 heteroatoms. The maximum absolute atomic E-state index is 12.6. The van der Waals surface area contributed by atoms with Gasteiger partial charge < -0.3 is 9.15 Å². The van der Waals surface area contributed by atoms with Crippen molar-refractivity contribution in [2.45, 2.75) is 23.8 Å². The second-order valence-electron chi connectivity index (χ2n) is 5.37. The summed E-state index contributed by atoms with van der Waals surface area (Å²) in [5.41, 5.74) is -0.0909. The Balaban J connectivity index is 1.90. The average molecular weight is 323 g/mol. The zero-order chi connectivity index (χ0) is 15.7. The zero-order valence-corrected chi connectivity index (χ0v) is 13.0. The first-order valence-corrected chi connectivity index (χ1v) is 8.53. The van der Waals surface area contributed by atoms with E-state index in [4.69, 9.17) is 9.15 Å². The average Bonchev–Trinajstić information content (AvgIpc) is 2.99. The SMILES string of the molecule is CN(CC1CCCO1)S(=O)(=O)c1ccc2oc(=O)ccc2c1. The first kappa shape index (κ1) is 15.2. The Morgan fingerprint density at radius 2 is 2.09 bits per heavy atom. The fourth-order valence-electron chi connectivity index (χ4n) is 2.56. The van der Waals surface area contributed by atoms with Gasteiger partial charge in [0.05, 0.1) is 11.0 Å². The molecule has 0 N–H and O–H groups in total. The van der Waals surface area contributed by atoms with Crippen LogP contribution in [-0.4, -0.2) is 39.0 Å². The van der Waals surface area contributed by atoms with Crippen LogP contribution in [0.15, 0.2) is 44.4 Å². The highest BCUT2D eigenvalue weighted by atomic mass is 32.2. The lowest BCUT2D eigenvalue weighted by molar-refractivity contribution is 0.0979. The molecule has 1 atom stereocenters. The first-order chi connectivity index (χ1) is 10.5. The predicted molar refractivity (Wildman–Crippen MR) is 81.3 cm³/mol. The third-order valence-electron chi connectivity index (χ3n) is 3.78. The van der Waals surface area contributed by atoms with Crippen LogP contribution in [0.3, 0.4) is 0 Å². The Kier molecular flexibility index (Phi) is 4.03. The summed E-state index contributed by atoms with van der Waals surface area (Å²) in [5, 5.41) is 0.575. The summed E-state index contributed by atoms with van der Waals surface area (Å²) in [5.74, 6) is 0. The summed E-state index contributed by atoms with van der Waals surface area (Å²) in [6.07, 6.45) is 1.80. The van der Waals surface area contributed by atoms with Crippen LogP contribution in [0.1, 0.15) is 12.8 Å². The first-order valence-electron chi connectivity index (χ1n) is 7.09. The standard InChI is InChI=1S/C15H17NO5S/c1-16(10-12-3-2-8-20-12)22(18,19)13-5-6-14-11(9-13)4-7-15(17)21-14/h4-7,9,12H,2-3,8,10H2,1H3. The Morgan fingerprint density at radius 3 is 2.82 bits per heavy atom. The van der Waals surface area contributed by atoms with Gasteiger partial charge in [0.1, 0.15) is 5.58 Å². The van der Waals surface area contributed by atoms with E-state index in [1.807, 2.05) is 0 Å². The van der Waals surface area contributed by atoms with E-state index in [0.717, 1.165) is 12.8 Å². The van der Waals surface area contributed by atoms with E-state index < -0.39 is 15.6 Å². The molecule has 2 heterocycles. The van der Waals surface area contributed by atoms with Crippen LogP contribution in [0.2, 0.25) is 0 Å². The predicted octanol–water partition coefficient (Wildman–Crippen LogP) is 1.59. The molecule has 1 aromatic carbocycles. The minimum absolute atomic E-state index is 0.0433. The van der Waals surface area contributed by atoms with E-state index in [1.165, 1.54) is 28.6 Å². The molecule has 0 bridgehead atoms.